The highest BCUT2D eigenvalue weighted by Gasteiger charge is 2.14. The van der Waals surface area contributed by atoms with E-state index in [9.17, 15) is 9.90 Å². The largest absolute Gasteiger partial charge is 0.469 e. The van der Waals surface area contributed by atoms with Crippen LogP contribution in [0.2, 0.25) is 0 Å². The third-order valence-corrected chi connectivity index (χ3v) is 4.33. The summed E-state index contributed by atoms with van der Waals surface area (Å²) >= 11 is 0. The first-order chi connectivity index (χ1) is 13.2. The minimum absolute atomic E-state index is 0.0118. The van der Waals surface area contributed by atoms with Gasteiger partial charge in [-0.2, -0.15) is 10.1 Å². The average molecular weight is 365 g/mol. The number of nitrogens with one attached hydrogen (secondary N) is 2. The van der Waals surface area contributed by atoms with E-state index < -0.39 is 0 Å². The summed E-state index contributed by atoms with van der Waals surface area (Å²) in [6.07, 6.45) is 3.70. The highest BCUT2D eigenvalue weighted by atomic mass is 16.3. The monoisotopic (exact) mass is 365 g/mol. The Bertz CT molecular complexity index is 1070. The zero-order valence-corrected chi connectivity index (χ0v) is 14.5. The van der Waals surface area contributed by atoms with E-state index in [1.54, 1.807) is 10.9 Å². The van der Waals surface area contributed by atoms with Crippen LogP contribution in [0.25, 0.3) is 16.7 Å². The summed E-state index contributed by atoms with van der Waals surface area (Å²) in [6, 6.07) is 13.2. The zero-order chi connectivity index (χ0) is 18.6. The van der Waals surface area contributed by atoms with Gasteiger partial charge in [0, 0.05) is 25.5 Å². The van der Waals surface area contributed by atoms with Gasteiger partial charge in [0.25, 0.3) is 5.56 Å². The molecule has 138 valence electrons. The van der Waals surface area contributed by atoms with Crippen molar-refractivity contribution < 1.29 is 9.52 Å². The number of benzene rings is 1. The fourth-order valence-electron chi connectivity index (χ4n) is 2.92. The number of anilines is 1. The average Bonchev–Trinajstić information content (AvgIpc) is 3.35. The smallest absolute Gasteiger partial charge is 0.263 e. The summed E-state index contributed by atoms with van der Waals surface area (Å²) < 4.78 is 6.95. The fraction of sp³-hybridized carbons (Fsp3) is 0.211. The first-order valence-corrected chi connectivity index (χ1v) is 8.65. The van der Waals surface area contributed by atoms with E-state index in [2.05, 4.69) is 20.4 Å². The maximum absolute atomic E-state index is 12.4. The van der Waals surface area contributed by atoms with Gasteiger partial charge in [0.15, 0.2) is 5.65 Å². The number of rotatable bonds is 7. The Balaban J connectivity index is 1.58. The first kappa shape index (κ1) is 17.0. The van der Waals surface area contributed by atoms with Crippen LogP contribution < -0.4 is 10.9 Å². The van der Waals surface area contributed by atoms with Gasteiger partial charge in [-0.15, -0.1) is 0 Å². The summed E-state index contributed by atoms with van der Waals surface area (Å²) in [7, 11) is 0. The molecule has 0 aliphatic carbocycles. The third kappa shape index (κ3) is 3.61. The van der Waals surface area contributed by atoms with E-state index in [1.807, 2.05) is 42.5 Å². The number of aliphatic hydroxyl groups is 1. The summed E-state index contributed by atoms with van der Waals surface area (Å²) in [6.45, 7) is 0.424. The van der Waals surface area contributed by atoms with E-state index >= 15 is 0 Å². The van der Waals surface area contributed by atoms with Crippen molar-refractivity contribution >= 4 is 17.0 Å². The van der Waals surface area contributed by atoms with Gasteiger partial charge in [-0.3, -0.25) is 9.78 Å². The number of para-hydroxylation sites is 1. The molecule has 0 radical (unpaired) electrons. The zero-order valence-electron chi connectivity index (χ0n) is 14.5. The molecule has 4 rings (SSSR count). The Morgan fingerprint density at radius 3 is 2.81 bits per heavy atom. The van der Waals surface area contributed by atoms with Gasteiger partial charge in [0.1, 0.15) is 11.1 Å². The van der Waals surface area contributed by atoms with Crippen LogP contribution in [0.4, 0.5) is 5.95 Å². The molecule has 0 amide bonds. The Kier molecular flexibility index (Phi) is 4.71. The van der Waals surface area contributed by atoms with Crippen molar-refractivity contribution in [3.63, 3.8) is 0 Å². The summed E-state index contributed by atoms with van der Waals surface area (Å²) in [5.41, 5.74) is 1.03. The van der Waals surface area contributed by atoms with E-state index in [1.165, 1.54) is 6.20 Å². The van der Waals surface area contributed by atoms with Crippen molar-refractivity contribution in [1.29, 1.82) is 0 Å². The fourth-order valence-corrected chi connectivity index (χ4v) is 2.92. The second-order valence-corrected chi connectivity index (χ2v) is 6.26. The molecule has 1 aromatic carbocycles. The Hall–Kier alpha value is -3.39. The first-order valence-electron chi connectivity index (χ1n) is 8.65. The molecule has 4 aromatic rings. The SMILES string of the molecule is O=c1[nH]c(NCC(CO)Cc2ccco2)nc2c1cnn2-c1ccccc1. The summed E-state index contributed by atoms with van der Waals surface area (Å²) in [5, 5.41) is 17.4. The number of hydrogen-bond acceptors (Lipinski definition) is 6. The van der Waals surface area contributed by atoms with Crippen LogP contribution in [-0.4, -0.2) is 38.0 Å². The van der Waals surface area contributed by atoms with Crippen molar-refractivity contribution in [3.05, 3.63) is 71.0 Å². The highest BCUT2D eigenvalue weighted by molar-refractivity contribution is 5.76. The summed E-state index contributed by atoms with van der Waals surface area (Å²) in [4.78, 5) is 19.6. The quantitative estimate of drug-likeness (QED) is 0.462. The second-order valence-electron chi connectivity index (χ2n) is 6.26. The van der Waals surface area contributed by atoms with Crippen LogP contribution in [0.15, 0.2) is 64.1 Å². The molecular formula is C19H19N5O3. The topological polar surface area (TPSA) is 109 Å². The van der Waals surface area contributed by atoms with Crippen LogP contribution in [-0.2, 0) is 6.42 Å². The summed E-state index contributed by atoms with van der Waals surface area (Å²) in [5.74, 6) is 1.06. The number of nitrogens with zero attached hydrogens (tertiary/aromatic N) is 3. The molecule has 3 heterocycles. The Morgan fingerprint density at radius 1 is 1.22 bits per heavy atom. The van der Waals surface area contributed by atoms with Crippen LogP contribution in [0.3, 0.4) is 0 Å². The lowest BCUT2D eigenvalue weighted by atomic mass is 10.1. The number of hydrogen-bond donors (Lipinski definition) is 3. The number of aromatic amines is 1. The van der Waals surface area contributed by atoms with Gasteiger partial charge in [-0.05, 0) is 24.3 Å². The van der Waals surface area contributed by atoms with Crippen molar-refractivity contribution in [2.45, 2.75) is 6.42 Å². The Morgan fingerprint density at radius 2 is 2.07 bits per heavy atom. The molecule has 0 aliphatic heterocycles. The van der Waals surface area contributed by atoms with E-state index in [0.717, 1.165) is 11.4 Å². The molecule has 0 aliphatic rings. The standard InChI is InChI=1S/C19H19N5O3/c25-12-13(9-15-7-4-8-27-15)10-20-19-22-17-16(18(26)23-19)11-21-24(17)14-5-2-1-3-6-14/h1-8,11,13,25H,9-10,12H2,(H2,20,22,23,26). The van der Waals surface area contributed by atoms with Gasteiger partial charge >= 0.3 is 0 Å². The normalized spacial score (nSPS) is 12.3. The molecule has 1 atom stereocenters. The van der Waals surface area contributed by atoms with Crippen molar-refractivity contribution in [3.8, 4) is 5.69 Å². The lowest BCUT2D eigenvalue weighted by Crippen LogP contribution is -2.22. The van der Waals surface area contributed by atoms with E-state index in [-0.39, 0.29) is 18.1 Å². The predicted octanol–water partition coefficient (Wildman–Crippen LogP) is 1.96. The molecule has 0 spiro atoms. The maximum atomic E-state index is 12.4. The van der Waals surface area contributed by atoms with Gasteiger partial charge in [0.2, 0.25) is 5.95 Å². The molecule has 8 heteroatoms. The van der Waals surface area contributed by atoms with Crippen LogP contribution in [0.1, 0.15) is 5.76 Å². The molecular weight excluding hydrogens is 346 g/mol. The lowest BCUT2D eigenvalue weighted by molar-refractivity contribution is 0.226. The minimum Gasteiger partial charge on any atom is -0.469 e. The van der Waals surface area contributed by atoms with Gasteiger partial charge in [-0.1, -0.05) is 18.2 Å². The maximum Gasteiger partial charge on any atom is 0.263 e. The number of furan rings is 1. The van der Waals surface area contributed by atoms with Gasteiger partial charge < -0.3 is 14.8 Å². The highest BCUT2D eigenvalue weighted by Crippen LogP contribution is 2.15. The second kappa shape index (κ2) is 7.46. The molecule has 0 bridgehead atoms. The van der Waals surface area contributed by atoms with Gasteiger partial charge in [0.05, 0.1) is 18.1 Å². The molecule has 0 saturated heterocycles. The van der Waals surface area contributed by atoms with Crippen molar-refractivity contribution in [2.75, 3.05) is 18.5 Å². The van der Waals surface area contributed by atoms with Crippen LogP contribution in [0, 0.1) is 5.92 Å². The van der Waals surface area contributed by atoms with E-state index in [0.29, 0.717) is 29.9 Å². The van der Waals surface area contributed by atoms with Crippen molar-refractivity contribution in [2.24, 2.45) is 5.92 Å². The number of aliphatic hydroxyl groups excluding tert-OH is 1. The lowest BCUT2D eigenvalue weighted by Gasteiger charge is -2.14. The van der Waals surface area contributed by atoms with Crippen LogP contribution >= 0.6 is 0 Å². The molecule has 8 nitrogen and oxygen atoms in total. The molecule has 0 fully saturated rings. The van der Waals surface area contributed by atoms with Crippen molar-refractivity contribution in [1.82, 2.24) is 19.7 Å². The van der Waals surface area contributed by atoms with E-state index in [4.69, 9.17) is 4.42 Å². The van der Waals surface area contributed by atoms with Gasteiger partial charge in [-0.25, -0.2) is 4.68 Å². The molecule has 0 saturated carbocycles. The minimum atomic E-state index is -0.267. The molecule has 3 N–H and O–H groups in total. The number of H-pyrrole nitrogens is 1. The predicted molar refractivity (Wildman–Crippen MR) is 101 cm³/mol. The molecule has 3 aromatic heterocycles. The Labute approximate surface area is 154 Å². The molecule has 27 heavy (non-hydrogen) atoms. The number of fused-ring (bicyclic) bond motifs is 1. The number of aromatic nitrogens is 4. The third-order valence-electron chi connectivity index (χ3n) is 4.33. The molecule has 1 unspecified atom stereocenters. The van der Waals surface area contributed by atoms with Crippen LogP contribution in [0.5, 0.6) is 0 Å².